The summed E-state index contributed by atoms with van der Waals surface area (Å²) in [4.78, 5) is 12.0. The van der Waals surface area contributed by atoms with E-state index in [2.05, 4.69) is 0 Å². The van der Waals surface area contributed by atoms with Crippen molar-refractivity contribution in [2.45, 2.75) is 13.3 Å². The highest BCUT2D eigenvalue weighted by molar-refractivity contribution is 5.99. The molecule has 82 valence electrons. The van der Waals surface area contributed by atoms with Crippen LogP contribution < -0.4 is 5.73 Å². The largest absolute Gasteiger partial charge is 0.472 e. The molecule has 2 rings (SSSR count). The van der Waals surface area contributed by atoms with Gasteiger partial charge in [0.05, 0.1) is 12.5 Å². The van der Waals surface area contributed by atoms with E-state index in [9.17, 15) is 4.79 Å². The minimum atomic E-state index is 0.0613. The lowest BCUT2D eigenvalue weighted by Crippen LogP contribution is -2.06. The third-order valence-electron chi connectivity index (χ3n) is 2.62. The van der Waals surface area contributed by atoms with Gasteiger partial charge in [0.25, 0.3) is 0 Å². The second kappa shape index (κ2) is 4.23. The summed E-state index contributed by atoms with van der Waals surface area (Å²) in [5, 5.41) is 0. The van der Waals surface area contributed by atoms with E-state index in [0.717, 1.165) is 11.1 Å². The van der Waals surface area contributed by atoms with E-state index < -0.39 is 0 Å². The van der Waals surface area contributed by atoms with Gasteiger partial charge in [0.2, 0.25) is 0 Å². The molecule has 2 N–H and O–H groups in total. The Balaban J connectivity index is 2.24. The molecule has 0 atom stereocenters. The standard InChI is InChI=1S/C13H13NO2/c1-9-11(3-2-4-12(9)14)13(15)7-10-5-6-16-8-10/h2-6,8H,7,14H2,1H3. The minimum absolute atomic E-state index is 0.0613. The average Bonchev–Trinajstić information content (AvgIpc) is 2.74. The van der Waals surface area contributed by atoms with Crippen molar-refractivity contribution < 1.29 is 9.21 Å². The number of Topliss-reactive ketones (excluding diaryl/α,β-unsaturated/α-hetero) is 1. The molecule has 0 aliphatic heterocycles. The fourth-order valence-corrected chi connectivity index (χ4v) is 1.63. The molecule has 0 bridgehead atoms. The number of carbonyl (C=O) groups is 1. The number of furan rings is 1. The predicted molar refractivity (Wildman–Crippen MR) is 62.3 cm³/mol. The zero-order valence-electron chi connectivity index (χ0n) is 9.07. The zero-order chi connectivity index (χ0) is 11.5. The first-order valence-corrected chi connectivity index (χ1v) is 5.08. The van der Waals surface area contributed by atoms with Crippen molar-refractivity contribution in [2.75, 3.05) is 5.73 Å². The molecule has 0 saturated heterocycles. The Morgan fingerprint density at radius 3 is 2.88 bits per heavy atom. The van der Waals surface area contributed by atoms with Crippen LogP contribution in [-0.2, 0) is 6.42 Å². The van der Waals surface area contributed by atoms with Crippen molar-refractivity contribution in [3.05, 3.63) is 53.5 Å². The lowest BCUT2D eigenvalue weighted by molar-refractivity contribution is 0.0992. The Morgan fingerprint density at radius 1 is 1.38 bits per heavy atom. The van der Waals surface area contributed by atoms with Crippen molar-refractivity contribution >= 4 is 11.5 Å². The van der Waals surface area contributed by atoms with Gasteiger partial charge < -0.3 is 10.2 Å². The van der Waals surface area contributed by atoms with Crippen LogP contribution in [0.2, 0.25) is 0 Å². The van der Waals surface area contributed by atoms with Crippen LogP contribution in [0.15, 0.2) is 41.2 Å². The third kappa shape index (κ3) is 1.98. The summed E-state index contributed by atoms with van der Waals surface area (Å²) >= 11 is 0. The molecule has 0 saturated carbocycles. The highest BCUT2D eigenvalue weighted by Crippen LogP contribution is 2.17. The second-order valence-electron chi connectivity index (χ2n) is 3.75. The first-order valence-electron chi connectivity index (χ1n) is 5.08. The van der Waals surface area contributed by atoms with E-state index in [1.807, 2.05) is 6.92 Å². The van der Waals surface area contributed by atoms with Gasteiger partial charge in [-0.3, -0.25) is 4.79 Å². The minimum Gasteiger partial charge on any atom is -0.472 e. The van der Waals surface area contributed by atoms with E-state index in [4.69, 9.17) is 10.2 Å². The molecule has 0 aliphatic rings. The number of ketones is 1. The van der Waals surface area contributed by atoms with Crippen LogP contribution in [-0.4, -0.2) is 5.78 Å². The summed E-state index contributed by atoms with van der Waals surface area (Å²) in [7, 11) is 0. The quantitative estimate of drug-likeness (QED) is 0.632. The number of nitrogens with two attached hydrogens (primary N) is 1. The van der Waals surface area contributed by atoms with Crippen LogP contribution >= 0.6 is 0 Å². The molecule has 0 spiro atoms. The molecular weight excluding hydrogens is 202 g/mol. The van der Waals surface area contributed by atoms with Gasteiger partial charge in [-0.1, -0.05) is 12.1 Å². The molecule has 1 aromatic carbocycles. The summed E-state index contributed by atoms with van der Waals surface area (Å²) in [6, 6.07) is 7.18. The van der Waals surface area contributed by atoms with Crippen LogP contribution in [0.3, 0.4) is 0 Å². The lowest BCUT2D eigenvalue weighted by atomic mass is 9.99. The number of rotatable bonds is 3. The molecule has 1 aromatic heterocycles. The van der Waals surface area contributed by atoms with Crippen LogP contribution in [0.5, 0.6) is 0 Å². The molecule has 3 heteroatoms. The third-order valence-corrected chi connectivity index (χ3v) is 2.62. The van der Waals surface area contributed by atoms with E-state index in [-0.39, 0.29) is 5.78 Å². The van der Waals surface area contributed by atoms with E-state index in [1.165, 1.54) is 0 Å². The van der Waals surface area contributed by atoms with Gasteiger partial charge in [-0.15, -0.1) is 0 Å². The number of hydrogen-bond acceptors (Lipinski definition) is 3. The number of carbonyl (C=O) groups excluding carboxylic acids is 1. The van der Waals surface area contributed by atoms with Gasteiger partial charge in [0.1, 0.15) is 0 Å². The summed E-state index contributed by atoms with van der Waals surface area (Å²) in [6.45, 7) is 1.86. The van der Waals surface area contributed by atoms with Crippen LogP contribution in [0.4, 0.5) is 5.69 Å². The maximum Gasteiger partial charge on any atom is 0.167 e. The molecule has 3 nitrogen and oxygen atoms in total. The molecule has 0 aliphatic carbocycles. The predicted octanol–water partition coefficient (Wildman–Crippen LogP) is 2.60. The summed E-state index contributed by atoms with van der Waals surface area (Å²) in [5.74, 6) is 0.0613. The number of nitrogen functional groups attached to an aromatic ring is 1. The number of anilines is 1. The zero-order valence-corrected chi connectivity index (χ0v) is 9.07. The van der Waals surface area contributed by atoms with Crippen LogP contribution in [0.25, 0.3) is 0 Å². The monoisotopic (exact) mass is 215 g/mol. The Hall–Kier alpha value is -2.03. The van der Waals surface area contributed by atoms with E-state index in [0.29, 0.717) is 17.7 Å². The van der Waals surface area contributed by atoms with Crippen LogP contribution in [0, 0.1) is 6.92 Å². The Labute approximate surface area is 93.9 Å². The molecule has 1 heterocycles. The first kappa shape index (κ1) is 10.5. The molecule has 2 aromatic rings. The van der Waals surface area contributed by atoms with Crippen LogP contribution in [0.1, 0.15) is 21.5 Å². The summed E-state index contributed by atoms with van der Waals surface area (Å²) < 4.78 is 4.93. The maximum absolute atomic E-state index is 12.0. The van der Waals surface area contributed by atoms with Crippen molar-refractivity contribution in [2.24, 2.45) is 0 Å². The van der Waals surface area contributed by atoms with Crippen molar-refractivity contribution in [3.8, 4) is 0 Å². The lowest BCUT2D eigenvalue weighted by Gasteiger charge is -2.06. The topological polar surface area (TPSA) is 56.2 Å². The summed E-state index contributed by atoms with van der Waals surface area (Å²) in [5.41, 5.74) is 8.82. The Morgan fingerprint density at radius 2 is 2.19 bits per heavy atom. The van der Waals surface area contributed by atoms with Gasteiger partial charge >= 0.3 is 0 Å². The average molecular weight is 215 g/mol. The van der Waals surface area contributed by atoms with E-state index in [1.54, 1.807) is 36.8 Å². The maximum atomic E-state index is 12.0. The molecule has 0 fully saturated rings. The number of benzene rings is 1. The van der Waals surface area contributed by atoms with Gasteiger partial charge in [-0.05, 0) is 30.2 Å². The smallest absolute Gasteiger partial charge is 0.167 e. The molecular formula is C13H13NO2. The van der Waals surface area contributed by atoms with Gasteiger partial charge in [0.15, 0.2) is 5.78 Å². The molecule has 16 heavy (non-hydrogen) atoms. The second-order valence-corrected chi connectivity index (χ2v) is 3.75. The number of hydrogen-bond donors (Lipinski definition) is 1. The molecule has 0 amide bonds. The molecule has 0 radical (unpaired) electrons. The fourth-order valence-electron chi connectivity index (χ4n) is 1.63. The Kier molecular flexibility index (Phi) is 2.77. The van der Waals surface area contributed by atoms with Gasteiger partial charge in [0, 0.05) is 17.7 Å². The molecule has 0 unspecified atom stereocenters. The fraction of sp³-hybridized carbons (Fsp3) is 0.154. The first-order chi connectivity index (χ1) is 7.68. The highest BCUT2D eigenvalue weighted by Gasteiger charge is 2.11. The van der Waals surface area contributed by atoms with Crippen molar-refractivity contribution in [1.29, 1.82) is 0 Å². The van der Waals surface area contributed by atoms with Gasteiger partial charge in [-0.25, -0.2) is 0 Å². The highest BCUT2D eigenvalue weighted by atomic mass is 16.3. The van der Waals surface area contributed by atoms with Crippen molar-refractivity contribution in [3.63, 3.8) is 0 Å². The SMILES string of the molecule is Cc1c(N)cccc1C(=O)Cc1ccoc1. The summed E-state index contributed by atoms with van der Waals surface area (Å²) in [6.07, 6.45) is 3.50. The van der Waals surface area contributed by atoms with Gasteiger partial charge in [-0.2, -0.15) is 0 Å². The normalized spacial score (nSPS) is 10.3. The van der Waals surface area contributed by atoms with E-state index >= 15 is 0 Å². The Bertz CT molecular complexity index is 501. The van der Waals surface area contributed by atoms with Crippen molar-refractivity contribution in [1.82, 2.24) is 0 Å².